The Labute approximate surface area is 106 Å². The van der Waals surface area contributed by atoms with Gasteiger partial charge in [0.1, 0.15) is 17.8 Å². The molecule has 0 aromatic heterocycles. The fourth-order valence-electron chi connectivity index (χ4n) is 2.59. The van der Waals surface area contributed by atoms with Crippen LogP contribution in [0.15, 0.2) is 42.5 Å². The summed E-state index contributed by atoms with van der Waals surface area (Å²) in [5, 5.41) is 0. The number of ether oxygens (including phenoxy) is 1. The van der Waals surface area contributed by atoms with E-state index in [2.05, 4.69) is 13.0 Å². The molecule has 0 fully saturated rings. The van der Waals surface area contributed by atoms with Gasteiger partial charge in [-0.05, 0) is 24.1 Å². The summed E-state index contributed by atoms with van der Waals surface area (Å²) < 4.78 is 5.89. The second kappa shape index (κ2) is 4.30. The van der Waals surface area contributed by atoms with E-state index in [1.807, 2.05) is 36.4 Å². The minimum absolute atomic E-state index is 0.207. The molecule has 18 heavy (non-hydrogen) atoms. The Hall–Kier alpha value is -2.09. The summed E-state index contributed by atoms with van der Waals surface area (Å²) in [5.41, 5.74) is 3.16. The maximum absolute atomic E-state index is 11.5. The lowest BCUT2D eigenvalue weighted by atomic mass is 9.85. The Morgan fingerprint density at radius 2 is 1.89 bits per heavy atom. The van der Waals surface area contributed by atoms with Crippen molar-refractivity contribution in [3.63, 3.8) is 0 Å². The van der Waals surface area contributed by atoms with Gasteiger partial charge in [0.05, 0.1) is 5.92 Å². The molecule has 1 aliphatic heterocycles. The third kappa shape index (κ3) is 1.53. The fraction of sp³-hybridized carbons (Fsp3) is 0.188. The van der Waals surface area contributed by atoms with Gasteiger partial charge in [-0.2, -0.15) is 0 Å². The zero-order valence-electron chi connectivity index (χ0n) is 10.2. The molecule has 1 atom stereocenters. The number of rotatable bonds is 2. The molecule has 0 saturated heterocycles. The number of aryl methyl sites for hydroxylation is 1. The molecule has 1 aliphatic rings. The van der Waals surface area contributed by atoms with Crippen LogP contribution in [-0.4, -0.2) is 6.29 Å². The average molecular weight is 238 g/mol. The molecular formula is C16H14O2. The lowest BCUT2D eigenvalue weighted by Crippen LogP contribution is -2.13. The predicted octanol–water partition coefficient (Wildman–Crippen LogP) is 3.69. The van der Waals surface area contributed by atoms with Gasteiger partial charge in [0.15, 0.2) is 0 Å². The quantitative estimate of drug-likeness (QED) is 0.746. The topological polar surface area (TPSA) is 26.3 Å². The molecule has 2 aromatic carbocycles. The van der Waals surface area contributed by atoms with Crippen molar-refractivity contribution in [1.29, 1.82) is 0 Å². The molecule has 0 radical (unpaired) electrons. The maximum atomic E-state index is 11.5. The lowest BCUT2D eigenvalue weighted by molar-refractivity contribution is -0.108. The first-order valence-electron chi connectivity index (χ1n) is 6.19. The highest BCUT2D eigenvalue weighted by atomic mass is 16.5. The normalized spacial score (nSPS) is 16.4. The molecule has 0 amide bonds. The molecule has 0 spiro atoms. The van der Waals surface area contributed by atoms with Crippen LogP contribution < -0.4 is 4.74 Å². The monoisotopic (exact) mass is 238 g/mol. The Morgan fingerprint density at radius 3 is 2.67 bits per heavy atom. The van der Waals surface area contributed by atoms with Crippen molar-refractivity contribution >= 4 is 6.29 Å². The zero-order chi connectivity index (χ0) is 12.5. The molecule has 2 heteroatoms. The van der Waals surface area contributed by atoms with Crippen LogP contribution in [0.1, 0.15) is 29.5 Å². The first-order valence-corrected chi connectivity index (χ1v) is 6.19. The highest BCUT2D eigenvalue weighted by Gasteiger charge is 2.28. The number of hydrogen-bond acceptors (Lipinski definition) is 2. The molecular weight excluding hydrogens is 224 g/mol. The largest absolute Gasteiger partial charge is 0.457 e. The summed E-state index contributed by atoms with van der Waals surface area (Å²) >= 11 is 0. The van der Waals surface area contributed by atoms with Gasteiger partial charge in [-0.3, -0.25) is 0 Å². The van der Waals surface area contributed by atoms with Crippen molar-refractivity contribution in [2.75, 3.05) is 0 Å². The number of para-hydroxylation sites is 1. The molecule has 0 saturated carbocycles. The molecule has 2 nitrogen and oxygen atoms in total. The minimum Gasteiger partial charge on any atom is -0.457 e. The zero-order valence-corrected chi connectivity index (χ0v) is 10.2. The van der Waals surface area contributed by atoms with Crippen LogP contribution in [0, 0.1) is 0 Å². The molecule has 0 bridgehead atoms. The first kappa shape index (κ1) is 11.0. The van der Waals surface area contributed by atoms with Crippen LogP contribution >= 0.6 is 0 Å². The minimum atomic E-state index is -0.207. The van der Waals surface area contributed by atoms with Crippen LogP contribution in [-0.2, 0) is 11.2 Å². The van der Waals surface area contributed by atoms with Crippen LogP contribution in [0.3, 0.4) is 0 Å². The van der Waals surface area contributed by atoms with Crippen LogP contribution in [0.2, 0.25) is 0 Å². The standard InChI is InChI=1S/C16H14O2/c1-2-11-6-5-9-15-16(11)13(10-17)12-7-3-4-8-14(12)18-15/h3-10,13H,2H2,1H3. The first-order chi connectivity index (χ1) is 8.85. The number of hydrogen-bond donors (Lipinski definition) is 0. The van der Waals surface area contributed by atoms with Gasteiger partial charge < -0.3 is 9.53 Å². The van der Waals surface area contributed by atoms with E-state index in [0.717, 1.165) is 35.3 Å². The van der Waals surface area contributed by atoms with Crippen molar-refractivity contribution in [1.82, 2.24) is 0 Å². The van der Waals surface area contributed by atoms with E-state index in [1.165, 1.54) is 5.56 Å². The molecule has 90 valence electrons. The van der Waals surface area contributed by atoms with Gasteiger partial charge in [-0.25, -0.2) is 0 Å². The SMILES string of the molecule is CCc1cccc2c1C(C=O)c1ccccc1O2. The van der Waals surface area contributed by atoms with Gasteiger partial charge in [-0.15, -0.1) is 0 Å². The maximum Gasteiger partial charge on any atom is 0.132 e. The highest BCUT2D eigenvalue weighted by molar-refractivity contribution is 5.75. The Balaban J connectivity index is 2.24. The molecule has 3 rings (SSSR count). The van der Waals surface area contributed by atoms with E-state index < -0.39 is 0 Å². The van der Waals surface area contributed by atoms with E-state index in [4.69, 9.17) is 4.74 Å². The van der Waals surface area contributed by atoms with Gasteiger partial charge in [-0.1, -0.05) is 37.3 Å². The third-order valence-corrected chi connectivity index (χ3v) is 3.46. The van der Waals surface area contributed by atoms with E-state index in [9.17, 15) is 4.79 Å². The van der Waals surface area contributed by atoms with Crippen molar-refractivity contribution in [2.45, 2.75) is 19.3 Å². The van der Waals surface area contributed by atoms with Crippen LogP contribution in [0.5, 0.6) is 11.5 Å². The van der Waals surface area contributed by atoms with Crippen molar-refractivity contribution < 1.29 is 9.53 Å². The predicted molar refractivity (Wildman–Crippen MR) is 70.2 cm³/mol. The Kier molecular flexibility index (Phi) is 2.63. The number of benzene rings is 2. The number of carbonyl (C=O) groups excluding carboxylic acids is 1. The van der Waals surface area contributed by atoms with Gasteiger partial charge in [0.25, 0.3) is 0 Å². The van der Waals surface area contributed by atoms with Gasteiger partial charge in [0, 0.05) is 11.1 Å². The molecule has 1 unspecified atom stereocenters. The number of fused-ring (bicyclic) bond motifs is 2. The summed E-state index contributed by atoms with van der Waals surface area (Å²) in [6.45, 7) is 2.10. The second-order valence-electron chi connectivity index (χ2n) is 4.44. The van der Waals surface area contributed by atoms with E-state index in [-0.39, 0.29) is 5.92 Å². The van der Waals surface area contributed by atoms with Gasteiger partial charge >= 0.3 is 0 Å². The van der Waals surface area contributed by atoms with E-state index in [1.54, 1.807) is 0 Å². The molecule has 0 aliphatic carbocycles. The number of aldehydes is 1. The molecule has 1 heterocycles. The summed E-state index contributed by atoms with van der Waals surface area (Å²) in [7, 11) is 0. The van der Waals surface area contributed by atoms with Crippen molar-refractivity contribution in [2.24, 2.45) is 0 Å². The highest BCUT2D eigenvalue weighted by Crippen LogP contribution is 2.44. The summed E-state index contributed by atoms with van der Waals surface area (Å²) in [5.74, 6) is 1.39. The second-order valence-corrected chi connectivity index (χ2v) is 4.44. The Morgan fingerprint density at radius 1 is 1.11 bits per heavy atom. The third-order valence-electron chi connectivity index (χ3n) is 3.46. The average Bonchev–Trinajstić information content (AvgIpc) is 2.44. The van der Waals surface area contributed by atoms with Crippen LogP contribution in [0.4, 0.5) is 0 Å². The van der Waals surface area contributed by atoms with Crippen LogP contribution in [0.25, 0.3) is 0 Å². The Bertz CT molecular complexity index is 602. The van der Waals surface area contributed by atoms with Gasteiger partial charge in [0.2, 0.25) is 0 Å². The molecule has 2 aromatic rings. The van der Waals surface area contributed by atoms with Crippen molar-refractivity contribution in [3.8, 4) is 11.5 Å². The number of carbonyl (C=O) groups is 1. The molecule has 0 N–H and O–H groups in total. The summed E-state index contributed by atoms with van der Waals surface area (Å²) in [4.78, 5) is 11.5. The van der Waals surface area contributed by atoms with E-state index in [0.29, 0.717) is 0 Å². The lowest BCUT2D eigenvalue weighted by Gasteiger charge is -2.26. The smallest absolute Gasteiger partial charge is 0.132 e. The summed E-state index contributed by atoms with van der Waals surface area (Å²) in [6, 6.07) is 13.7. The van der Waals surface area contributed by atoms with E-state index >= 15 is 0 Å². The van der Waals surface area contributed by atoms with Crippen molar-refractivity contribution in [3.05, 3.63) is 59.2 Å². The fourth-order valence-corrected chi connectivity index (χ4v) is 2.59. The summed E-state index contributed by atoms with van der Waals surface area (Å²) in [6.07, 6.45) is 1.92.